The summed E-state index contributed by atoms with van der Waals surface area (Å²) in [6.45, 7) is 0. The number of rotatable bonds is 1. The van der Waals surface area contributed by atoms with Crippen molar-refractivity contribution in [3.8, 4) is 5.75 Å². The third kappa shape index (κ3) is 1.70. The Bertz CT molecular complexity index is 239. The molecule has 2 nitrogen and oxygen atoms in total. The zero-order valence-corrected chi connectivity index (χ0v) is 8.44. The zero-order chi connectivity index (χ0) is 7.56. The summed E-state index contributed by atoms with van der Waals surface area (Å²) in [7, 11) is 1.62. The van der Waals surface area contributed by atoms with Crippen LogP contribution in [0.15, 0.2) is 21.3 Å². The van der Waals surface area contributed by atoms with E-state index in [4.69, 9.17) is 4.74 Å². The molecule has 1 aromatic heterocycles. The molecule has 0 aliphatic rings. The molecule has 0 spiro atoms. The smallest absolute Gasteiger partial charge is 0.137 e. The highest BCUT2D eigenvalue weighted by atomic mass is 79.9. The van der Waals surface area contributed by atoms with Gasteiger partial charge in [0, 0.05) is 12.3 Å². The molecule has 0 aromatic carbocycles. The van der Waals surface area contributed by atoms with E-state index in [1.807, 2.05) is 0 Å². The van der Waals surface area contributed by atoms with Crippen molar-refractivity contribution in [2.75, 3.05) is 7.11 Å². The summed E-state index contributed by atoms with van der Waals surface area (Å²) in [5, 5.41) is 0. The normalized spacial score (nSPS) is 9.50. The third-order valence-corrected chi connectivity index (χ3v) is 2.04. The molecule has 0 N–H and O–H groups in total. The molecular formula is C6H5Br2NO. The van der Waals surface area contributed by atoms with E-state index in [0.717, 1.165) is 14.8 Å². The van der Waals surface area contributed by atoms with Gasteiger partial charge in [-0.2, -0.15) is 0 Å². The van der Waals surface area contributed by atoms with Crippen molar-refractivity contribution in [2.45, 2.75) is 0 Å². The van der Waals surface area contributed by atoms with E-state index in [9.17, 15) is 0 Å². The summed E-state index contributed by atoms with van der Waals surface area (Å²) in [6, 6.07) is 1.80. The van der Waals surface area contributed by atoms with Crippen LogP contribution in [-0.4, -0.2) is 12.1 Å². The summed E-state index contributed by atoms with van der Waals surface area (Å²) in [6.07, 6.45) is 1.68. The Morgan fingerprint density at radius 2 is 2.20 bits per heavy atom. The Balaban J connectivity index is 3.09. The van der Waals surface area contributed by atoms with E-state index in [2.05, 4.69) is 36.8 Å². The van der Waals surface area contributed by atoms with Gasteiger partial charge in [0.2, 0.25) is 0 Å². The number of pyridine rings is 1. The summed E-state index contributed by atoms with van der Waals surface area (Å²) in [4.78, 5) is 3.98. The molecule has 1 aromatic rings. The lowest BCUT2D eigenvalue weighted by molar-refractivity contribution is 0.411. The topological polar surface area (TPSA) is 22.1 Å². The summed E-state index contributed by atoms with van der Waals surface area (Å²) in [5.74, 6) is 0.780. The van der Waals surface area contributed by atoms with E-state index in [1.54, 1.807) is 19.4 Å². The maximum atomic E-state index is 5.01. The predicted molar refractivity (Wildman–Crippen MR) is 46.2 cm³/mol. The molecule has 0 bridgehead atoms. The molecule has 0 saturated heterocycles. The van der Waals surface area contributed by atoms with Crippen molar-refractivity contribution in [3.05, 3.63) is 21.3 Å². The van der Waals surface area contributed by atoms with E-state index in [0.29, 0.717) is 0 Å². The minimum absolute atomic E-state index is 0.771. The van der Waals surface area contributed by atoms with Crippen molar-refractivity contribution in [1.82, 2.24) is 4.98 Å². The zero-order valence-electron chi connectivity index (χ0n) is 5.27. The van der Waals surface area contributed by atoms with Crippen LogP contribution in [0.4, 0.5) is 0 Å². The monoisotopic (exact) mass is 265 g/mol. The van der Waals surface area contributed by atoms with Crippen molar-refractivity contribution >= 4 is 31.9 Å². The third-order valence-electron chi connectivity index (χ3n) is 1.01. The van der Waals surface area contributed by atoms with Gasteiger partial charge in [-0.25, -0.2) is 4.98 Å². The molecule has 4 heteroatoms. The Morgan fingerprint density at radius 3 is 2.70 bits per heavy atom. The first-order chi connectivity index (χ1) is 4.74. The number of halogens is 2. The van der Waals surface area contributed by atoms with Crippen LogP contribution >= 0.6 is 31.9 Å². The predicted octanol–water partition coefficient (Wildman–Crippen LogP) is 2.62. The molecule has 0 aliphatic carbocycles. The quantitative estimate of drug-likeness (QED) is 0.729. The van der Waals surface area contributed by atoms with E-state index in [-0.39, 0.29) is 0 Å². The van der Waals surface area contributed by atoms with Crippen molar-refractivity contribution < 1.29 is 4.74 Å². The van der Waals surface area contributed by atoms with Crippen molar-refractivity contribution in [2.24, 2.45) is 0 Å². The molecule has 0 saturated carbocycles. The van der Waals surface area contributed by atoms with Gasteiger partial charge >= 0.3 is 0 Å². The van der Waals surface area contributed by atoms with Gasteiger partial charge in [-0.1, -0.05) is 0 Å². The lowest BCUT2D eigenvalue weighted by Gasteiger charge is -2.00. The molecule has 1 rings (SSSR count). The summed E-state index contributed by atoms with van der Waals surface area (Å²) in [5.41, 5.74) is 0. The van der Waals surface area contributed by atoms with E-state index in [1.165, 1.54) is 0 Å². The number of aromatic nitrogens is 1. The first kappa shape index (κ1) is 8.01. The minimum atomic E-state index is 0.771. The van der Waals surface area contributed by atoms with Crippen LogP contribution in [0, 0.1) is 0 Å². The van der Waals surface area contributed by atoms with Crippen LogP contribution in [0.3, 0.4) is 0 Å². The lowest BCUT2D eigenvalue weighted by Crippen LogP contribution is -1.85. The highest BCUT2D eigenvalue weighted by Gasteiger charge is 1.99. The maximum Gasteiger partial charge on any atom is 0.137 e. The molecule has 0 fully saturated rings. The second-order valence-electron chi connectivity index (χ2n) is 1.64. The average molecular weight is 267 g/mol. The van der Waals surface area contributed by atoms with Crippen LogP contribution in [0.2, 0.25) is 0 Å². The highest BCUT2D eigenvalue weighted by Crippen LogP contribution is 2.25. The van der Waals surface area contributed by atoms with Crippen molar-refractivity contribution in [1.29, 1.82) is 0 Å². The van der Waals surface area contributed by atoms with Gasteiger partial charge in [-0.15, -0.1) is 0 Å². The lowest BCUT2D eigenvalue weighted by atomic mass is 10.5. The molecule has 10 heavy (non-hydrogen) atoms. The fraction of sp³-hybridized carbons (Fsp3) is 0.167. The molecule has 0 radical (unpaired) electrons. The molecular weight excluding hydrogens is 262 g/mol. The van der Waals surface area contributed by atoms with Crippen molar-refractivity contribution in [3.63, 3.8) is 0 Å². The first-order valence-corrected chi connectivity index (χ1v) is 4.17. The first-order valence-electron chi connectivity index (χ1n) is 2.59. The number of ether oxygens (including phenoxy) is 1. The number of methoxy groups -OCH3 is 1. The Hall–Kier alpha value is -0.0900. The minimum Gasteiger partial charge on any atom is -0.495 e. The van der Waals surface area contributed by atoms with Gasteiger partial charge in [-0.05, 0) is 31.9 Å². The average Bonchev–Trinajstić information content (AvgIpc) is 1.94. The summed E-state index contributed by atoms with van der Waals surface area (Å²) < 4.78 is 6.64. The second-order valence-corrected chi connectivity index (χ2v) is 3.31. The second kappa shape index (κ2) is 3.34. The van der Waals surface area contributed by atoms with Gasteiger partial charge in [0.15, 0.2) is 0 Å². The fourth-order valence-electron chi connectivity index (χ4n) is 0.553. The Kier molecular flexibility index (Phi) is 2.68. The fourth-order valence-corrected chi connectivity index (χ4v) is 1.24. The van der Waals surface area contributed by atoms with Gasteiger partial charge in [0.05, 0.1) is 11.6 Å². The van der Waals surface area contributed by atoms with Crippen LogP contribution in [0.1, 0.15) is 0 Å². The standard InChI is InChI=1S/C6H5Br2NO/c1-10-5-2-6(8)9-3-4(5)7/h2-3H,1H3. The molecule has 54 valence electrons. The Morgan fingerprint density at radius 1 is 1.50 bits per heavy atom. The number of hydrogen-bond acceptors (Lipinski definition) is 2. The molecule has 0 unspecified atom stereocenters. The maximum absolute atomic E-state index is 5.01. The van der Waals surface area contributed by atoms with Gasteiger partial charge in [-0.3, -0.25) is 0 Å². The van der Waals surface area contributed by atoms with Crippen LogP contribution < -0.4 is 4.74 Å². The van der Waals surface area contributed by atoms with Crippen LogP contribution in [-0.2, 0) is 0 Å². The molecule has 0 amide bonds. The van der Waals surface area contributed by atoms with Gasteiger partial charge < -0.3 is 4.74 Å². The summed E-state index contributed by atoms with van der Waals surface area (Å²) >= 11 is 6.51. The van der Waals surface area contributed by atoms with E-state index >= 15 is 0 Å². The number of nitrogens with zero attached hydrogens (tertiary/aromatic N) is 1. The molecule has 0 atom stereocenters. The van der Waals surface area contributed by atoms with Gasteiger partial charge in [0.1, 0.15) is 10.4 Å². The molecule has 1 heterocycles. The van der Waals surface area contributed by atoms with Crippen LogP contribution in [0.5, 0.6) is 5.75 Å². The highest BCUT2D eigenvalue weighted by molar-refractivity contribution is 9.11. The molecule has 0 aliphatic heterocycles. The number of hydrogen-bond donors (Lipinski definition) is 0. The van der Waals surface area contributed by atoms with E-state index < -0.39 is 0 Å². The SMILES string of the molecule is COc1cc(Br)ncc1Br. The van der Waals surface area contributed by atoms with Gasteiger partial charge in [0.25, 0.3) is 0 Å². The Labute approximate surface area is 75.9 Å². The largest absolute Gasteiger partial charge is 0.495 e. The van der Waals surface area contributed by atoms with Crippen LogP contribution in [0.25, 0.3) is 0 Å².